The monoisotopic (exact) mass is 267 g/mol. The molecule has 4 nitrogen and oxygen atoms in total. The Balaban J connectivity index is 1.90. The van der Waals surface area contributed by atoms with Gasteiger partial charge in [-0.05, 0) is 56.4 Å². The maximum absolute atomic E-state index is 9.31. The molecule has 0 aliphatic heterocycles. The minimum absolute atomic E-state index is 0.00811. The van der Waals surface area contributed by atoms with E-state index >= 15 is 0 Å². The summed E-state index contributed by atoms with van der Waals surface area (Å²) in [7, 11) is 0. The lowest BCUT2D eigenvalue weighted by molar-refractivity contribution is 0.490. The minimum atomic E-state index is -0.00811. The second-order valence-electron chi connectivity index (χ2n) is 5.19. The van der Waals surface area contributed by atoms with Gasteiger partial charge in [-0.1, -0.05) is 0 Å². The number of nitrogens with zero attached hydrogens (tertiary/aromatic N) is 2. The van der Waals surface area contributed by atoms with Crippen molar-refractivity contribution in [2.24, 2.45) is 0 Å². The highest BCUT2D eigenvalue weighted by atomic mass is 16.3. The Kier molecular flexibility index (Phi) is 3.42. The van der Waals surface area contributed by atoms with Crippen molar-refractivity contribution in [3.05, 3.63) is 47.0 Å². The number of hydrogen-bond acceptors (Lipinski definition) is 4. The van der Waals surface area contributed by atoms with Crippen LogP contribution in [0.2, 0.25) is 0 Å². The topological polar surface area (TPSA) is 61.9 Å². The minimum Gasteiger partial charge on any atom is -0.467 e. The van der Waals surface area contributed by atoms with Crippen molar-refractivity contribution >= 4 is 5.82 Å². The first-order chi connectivity index (χ1) is 9.78. The molecule has 0 aromatic carbocycles. The second-order valence-corrected chi connectivity index (χ2v) is 5.19. The standard InChI is InChI=1S/C16H17N3O/c1-11(15-7-4-8-20-15)18-16-13(10-17)9-12-5-2-3-6-14(12)19-16/h4,7-9,11H,2-3,5-6H2,1H3,(H,18,19). The van der Waals surface area contributed by atoms with E-state index in [1.165, 1.54) is 18.4 Å². The van der Waals surface area contributed by atoms with Crippen LogP contribution in [0.25, 0.3) is 0 Å². The average Bonchev–Trinajstić information content (AvgIpc) is 3.01. The number of aromatic nitrogens is 1. The van der Waals surface area contributed by atoms with Gasteiger partial charge in [0.1, 0.15) is 17.6 Å². The van der Waals surface area contributed by atoms with Gasteiger partial charge in [-0.2, -0.15) is 5.26 Å². The molecule has 2 aromatic rings. The van der Waals surface area contributed by atoms with E-state index in [0.29, 0.717) is 11.4 Å². The summed E-state index contributed by atoms with van der Waals surface area (Å²) in [4.78, 5) is 4.66. The van der Waals surface area contributed by atoms with Crippen LogP contribution in [0.5, 0.6) is 0 Å². The number of nitriles is 1. The van der Waals surface area contributed by atoms with Gasteiger partial charge in [-0.25, -0.2) is 4.98 Å². The molecule has 0 saturated carbocycles. The molecule has 0 spiro atoms. The maximum Gasteiger partial charge on any atom is 0.144 e. The van der Waals surface area contributed by atoms with E-state index in [-0.39, 0.29) is 6.04 Å². The molecular weight excluding hydrogens is 250 g/mol. The number of pyridine rings is 1. The van der Waals surface area contributed by atoms with Crippen LogP contribution in [-0.2, 0) is 12.8 Å². The van der Waals surface area contributed by atoms with Crippen LogP contribution in [0.3, 0.4) is 0 Å². The molecular formula is C16H17N3O. The lowest BCUT2D eigenvalue weighted by atomic mass is 9.95. The van der Waals surface area contributed by atoms with Crippen molar-refractivity contribution in [2.75, 3.05) is 5.32 Å². The number of aryl methyl sites for hydroxylation is 2. The van der Waals surface area contributed by atoms with E-state index in [4.69, 9.17) is 4.42 Å². The fourth-order valence-electron chi connectivity index (χ4n) is 2.64. The van der Waals surface area contributed by atoms with Crippen molar-refractivity contribution < 1.29 is 4.42 Å². The Morgan fingerprint density at radius 1 is 1.40 bits per heavy atom. The number of hydrogen-bond donors (Lipinski definition) is 1. The van der Waals surface area contributed by atoms with Crippen molar-refractivity contribution in [2.45, 2.75) is 38.6 Å². The van der Waals surface area contributed by atoms with Gasteiger partial charge in [0.25, 0.3) is 0 Å². The molecule has 4 heteroatoms. The zero-order valence-corrected chi connectivity index (χ0v) is 11.5. The Morgan fingerprint density at radius 3 is 3.00 bits per heavy atom. The number of anilines is 1. The van der Waals surface area contributed by atoms with Gasteiger partial charge in [0.2, 0.25) is 0 Å². The van der Waals surface area contributed by atoms with Crippen LogP contribution in [0.1, 0.15) is 48.4 Å². The van der Waals surface area contributed by atoms with Gasteiger partial charge in [-0.3, -0.25) is 0 Å². The van der Waals surface area contributed by atoms with Crippen molar-refractivity contribution in [3.8, 4) is 6.07 Å². The zero-order valence-electron chi connectivity index (χ0n) is 11.5. The molecule has 102 valence electrons. The first-order valence-corrected chi connectivity index (χ1v) is 7.01. The summed E-state index contributed by atoms with van der Waals surface area (Å²) >= 11 is 0. The summed E-state index contributed by atoms with van der Waals surface area (Å²) in [5.41, 5.74) is 2.97. The first-order valence-electron chi connectivity index (χ1n) is 7.01. The van der Waals surface area contributed by atoms with Crippen LogP contribution in [0.4, 0.5) is 5.82 Å². The van der Waals surface area contributed by atoms with Crippen LogP contribution in [-0.4, -0.2) is 4.98 Å². The molecule has 1 N–H and O–H groups in total. The predicted molar refractivity (Wildman–Crippen MR) is 76.3 cm³/mol. The third kappa shape index (κ3) is 2.39. The highest BCUT2D eigenvalue weighted by Gasteiger charge is 2.17. The molecule has 1 aliphatic rings. The summed E-state index contributed by atoms with van der Waals surface area (Å²) in [5.74, 6) is 1.51. The van der Waals surface area contributed by atoms with Gasteiger partial charge in [-0.15, -0.1) is 0 Å². The quantitative estimate of drug-likeness (QED) is 0.923. The molecule has 0 fully saturated rings. The van der Waals surface area contributed by atoms with Crippen molar-refractivity contribution in [1.82, 2.24) is 4.98 Å². The van der Waals surface area contributed by atoms with Gasteiger partial charge in [0, 0.05) is 5.69 Å². The lowest BCUT2D eigenvalue weighted by Gasteiger charge is -2.19. The summed E-state index contributed by atoms with van der Waals surface area (Å²) in [5, 5.41) is 12.6. The highest BCUT2D eigenvalue weighted by molar-refractivity contribution is 5.55. The molecule has 2 aromatic heterocycles. The van der Waals surface area contributed by atoms with Crippen molar-refractivity contribution in [1.29, 1.82) is 5.26 Å². The van der Waals surface area contributed by atoms with E-state index < -0.39 is 0 Å². The summed E-state index contributed by atoms with van der Waals surface area (Å²) in [6.45, 7) is 2.00. The smallest absolute Gasteiger partial charge is 0.144 e. The highest BCUT2D eigenvalue weighted by Crippen LogP contribution is 2.26. The lowest BCUT2D eigenvalue weighted by Crippen LogP contribution is -2.13. The number of nitrogens with one attached hydrogen (secondary N) is 1. The fourth-order valence-corrected chi connectivity index (χ4v) is 2.64. The third-order valence-corrected chi connectivity index (χ3v) is 3.74. The van der Waals surface area contributed by atoms with Gasteiger partial charge < -0.3 is 9.73 Å². The van der Waals surface area contributed by atoms with Crippen LogP contribution >= 0.6 is 0 Å². The summed E-state index contributed by atoms with van der Waals surface area (Å²) < 4.78 is 5.38. The van der Waals surface area contributed by atoms with Crippen LogP contribution in [0.15, 0.2) is 28.9 Å². The van der Waals surface area contributed by atoms with Gasteiger partial charge in [0.05, 0.1) is 17.9 Å². The number of fused-ring (bicyclic) bond motifs is 1. The molecule has 1 aliphatic carbocycles. The largest absolute Gasteiger partial charge is 0.467 e. The van der Waals surface area contributed by atoms with E-state index in [9.17, 15) is 5.26 Å². The van der Waals surface area contributed by atoms with Crippen LogP contribution in [0, 0.1) is 11.3 Å². The zero-order chi connectivity index (χ0) is 13.9. The molecule has 1 unspecified atom stereocenters. The Bertz CT molecular complexity index is 640. The summed E-state index contributed by atoms with van der Waals surface area (Å²) in [6, 6.07) is 8.00. The predicted octanol–water partition coefficient (Wildman–Crippen LogP) is 3.60. The van der Waals surface area contributed by atoms with Crippen LogP contribution < -0.4 is 5.32 Å². The fraction of sp³-hybridized carbons (Fsp3) is 0.375. The maximum atomic E-state index is 9.31. The van der Waals surface area contributed by atoms with Gasteiger partial charge >= 0.3 is 0 Å². The molecule has 3 rings (SSSR count). The summed E-state index contributed by atoms with van der Waals surface area (Å²) in [6.07, 6.45) is 6.06. The third-order valence-electron chi connectivity index (χ3n) is 3.74. The molecule has 1 atom stereocenters. The molecule has 0 radical (unpaired) electrons. The number of rotatable bonds is 3. The molecule has 20 heavy (non-hydrogen) atoms. The van der Waals surface area contributed by atoms with Crippen molar-refractivity contribution in [3.63, 3.8) is 0 Å². The van der Waals surface area contributed by atoms with E-state index in [1.807, 2.05) is 25.1 Å². The molecule has 0 amide bonds. The number of furan rings is 1. The second kappa shape index (κ2) is 5.38. The Hall–Kier alpha value is -2.28. The van der Waals surface area contributed by atoms with E-state index in [1.54, 1.807) is 6.26 Å². The van der Waals surface area contributed by atoms with E-state index in [0.717, 1.165) is 24.3 Å². The Labute approximate surface area is 118 Å². The first kappa shape index (κ1) is 12.7. The van der Waals surface area contributed by atoms with E-state index in [2.05, 4.69) is 16.4 Å². The SMILES string of the molecule is CC(Nc1nc2c(cc1C#N)CCCC2)c1ccco1. The Morgan fingerprint density at radius 2 is 2.25 bits per heavy atom. The molecule has 0 saturated heterocycles. The normalized spacial score (nSPS) is 15.2. The van der Waals surface area contributed by atoms with Gasteiger partial charge in [0.15, 0.2) is 0 Å². The average molecular weight is 267 g/mol. The molecule has 0 bridgehead atoms. The molecule has 2 heterocycles.